The van der Waals surface area contributed by atoms with Crippen molar-refractivity contribution in [2.75, 3.05) is 0 Å². The molecule has 2 heteroatoms. The molecule has 0 atom stereocenters. The van der Waals surface area contributed by atoms with Gasteiger partial charge in [0.25, 0.3) is 0 Å². The number of rotatable bonds is 1. The highest BCUT2D eigenvalue weighted by Crippen LogP contribution is 2.32. The lowest BCUT2D eigenvalue weighted by Crippen LogP contribution is -1.82. The fourth-order valence-corrected chi connectivity index (χ4v) is 2.63. The second-order valence-corrected chi connectivity index (χ2v) is 4.62. The van der Waals surface area contributed by atoms with E-state index in [9.17, 15) is 0 Å². The summed E-state index contributed by atoms with van der Waals surface area (Å²) in [5, 5.41) is 2.44. The van der Waals surface area contributed by atoms with Gasteiger partial charge in [0.15, 0.2) is 0 Å². The van der Waals surface area contributed by atoms with Crippen molar-refractivity contribution in [3.63, 3.8) is 0 Å². The van der Waals surface area contributed by atoms with Gasteiger partial charge < -0.3 is 4.98 Å². The zero-order chi connectivity index (χ0) is 12.7. The van der Waals surface area contributed by atoms with Crippen LogP contribution < -0.4 is 0 Å². The minimum Gasteiger partial charge on any atom is -0.361 e. The Morgan fingerprint density at radius 2 is 1.53 bits per heavy atom. The lowest BCUT2D eigenvalue weighted by molar-refractivity contribution is 1.41. The van der Waals surface area contributed by atoms with Crippen LogP contribution in [0.4, 0.5) is 0 Å². The zero-order valence-electron chi connectivity index (χ0n) is 10.3. The van der Waals surface area contributed by atoms with Crippen molar-refractivity contribution in [1.82, 2.24) is 9.97 Å². The molecule has 2 aromatic heterocycles. The molecule has 0 amide bonds. The Balaban J connectivity index is 2.10. The molecule has 0 aliphatic heterocycles. The number of pyridine rings is 1. The van der Waals surface area contributed by atoms with E-state index in [1.165, 1.54) is 27.4 Å². The summed E-state index contributed by atoms with van der Waals surface area (Å²) < 4.78 is 0. The monoisotopic (exact) mass is 244 g/mol. The van der Waals surface area contributed by atoms with Crippen LogP contribution in [-0.2, 0) is 0 Å². The molecule has 2 nitrogen and oxygen atoms in total. The van der Waals surface area contributed by atoms with E-state index in [0.29, 0.717) is 0 Å². The number of nitrogens with one attached hydrogen (secondary N) is 1. The lowest BCUT2D eigenvalue weighted by Gasteiger charge is -2.04. The molecule has 0 aliphatic rings. The molecule has 90 valence electrons. The summed E-state index contributed by atoms with van der Waals surface area (Å²) in [4.78, 5) is 7.75. The summed E-state index contributed by atoms with van der Waals surface area (Å²) in [6.07, 6.45) is 3.95. The van der Waals surface area contributed by atoms with E-state index in [4.69, 9.17) is 0 Å². The number of aromatic amines is 1. The Hall–Kier alpha value is -2.61. The summed E-state index contributed by atoms with van der Waals surface area (Å²) in [5.41, 5.74) is 4.65. The summed E-state index contributed by atoms with van der Waals surface area (Å²) in [6, 6.07) is 18.7. The van der Waals surface area contributed by atoms with Gasteiger partial charge >= 0.3 is 0 Å². The van der Waals surface area contributed by atoms with Crippen molar-refractivity contribution >= 4 is 21.8 Å². The summed E-state index contributed by atoms with van der Waals surface area (Å²) >= 11 is 0. The molecule has 0 saturated heterocycles. The fourth-order valence-electron chi connectivity index (χ4n) is 2.63. The van der Waals surface area contributed by atoms with Gasteiger partial charge in [0.05, 0.1) is 5.52 Å². The van der Waals surface area contributed by atoms with Crippen LogP contribution in [0.3, 0.4) is 0 Å². The average molecular weight is 244 g/mol. The molecular weight excluding hydrogens is 232 g/mol. The van der Waals surface area contributed by atoms with Gasteiger partial charge in [-0.05, 0) is 23.8 Å². The van der Waals surface area contributed by atoms with E-state index in [1.54, 1.807) is 0 Å². The maximum absolute atomic E-state index is 4.42. The predicted octanol–water partition coefficient (Wildman–Crippen LogP) is 4.38. The van der Waals surface area contributed by atoms with Crippen molar-refractivity contribution in [3.05, 3.63) is 67.0 Å². The van der Waals surface area contributed by atoms with Crippen LogP contribution in [0, 0.1) is 0 Å². The Morgan fingerprint density at radius 3 is 2.47 bits per heavy atom. The molecule has 4 rings (SSSR count). The molecule has 0 unspecified atom stereocenters. The van der Waals surface area contributed by atoms with Gasteiger partial charge in [0.2, 0.25) is 0 Å². The fraction of sp³-hybridized carbons (Fsp3) is 0. The lowest BCUT2D eigenvalue weighted by atomic mass is 10.0. The van der Waals surface area contributed by atoms with Crippen LogP contribution in [0.2, 0.25) is 0 Å². The smallest absolute Gasteiger partial charge is 0.0708 e. The maximum Gasteiger partial charge on any atom is 0.0708 e. The van der Waals surface area contributed by atoms with Gasteiger partial charge in [0.1, 0.15) is 0 Å². The molecule has 0 spiro atoms. The predicted molar refractivity (Wildman–Crippen MR) is 79.0 cm³/mol. The van der Waals surface area contributed by atoms with E-state index in [0.717, 1.165) is 5.52 Å². The van der Waals surface area contributed by atoms with Gasteiger partial charge in [0, 0.05) is 34.2 Å². The summed E-state index contributed by atoms with van der Waals surface area (Å²) in [5.74, 6) is 0. The van der Waals surface area contributed by atoms with Crippen LogP contribution in [0.5, 0.6) is 0 Å². The van der Waals surface area contributed by atoms with Crippen LogP contribution in [-0.4, -0.2) is 9.97 Å². The molecule has 1 N–H and O–H groups in total. The van der Waals surface area contributed by atoms with Crippen LogP contribution in [0.15, 0.2) is 67.0 Å². The minimum atomic E-state index is 1.03. The average Bonchev–Trinajstić information content (AvgIpc) is 2.90. The second-order valence-electron chi connectivity index (χ2n) is 4.62. The number of aromatic nitrogens is 2. The van der Waals surface area contributed by atoms with Gasteiger partial charge in [-0.25, -0.2) is 0 Å². The number of benzene rings is 2. The third kappa shape index (κ3) is 1.54. The quantitative estimate of drug-likeness (QED) is 0.528. The third-order valence-corrected chi connectivity index (χ3v) is 3.53. The minimum absolute atomic E-state index is 1.03. The van der Waals surface area contributed by atoms with Gasteiger partial charge in [-0.15, -0.1) is 0 Å². The van der Waals surface area contributed by atoms with Crippen molar-refractivity contribution in [1.29, 1.82) is 0 Å². The zero-order valence-corrected chi connectivity index (χ0v) is 10.3. The molecule has 0 saturated carbocycles. The van der Waals surface area contributed by atoms with E-state index >= 15 is 0 Å². The van der Waals surface area contributed by atoms with Crippen LogP contribution in [0.25, 0.3) is 32.9 Å². The van der Waals surface area contributed by atoms with E-state index in [2.05, 4.69) is 52.6 Å². The number of hydrogen-bond acceptors (Lipinski definition) is 1. The first-order valence-electron chi connectivity index (χ1n) is 6.34. The highest BCUT2D eigenvalue weighted by Gasteiger charge is 2.08. The number of fused-ring (bicyclic) bond motifs is 2. The Kier molecular flexibility index (Phi) is 2.15. The van der Waals surface area contributed by atoms with Gasteiger partial charge in [-0.2, -0.15) is 0 Å². The molecular formula is C17H12N2. The SMILES string of the molecule is c1ccc2c(-c3c[nH]c4ccccc34)ccnc2c1. The number of nitrogens with zero attached hydrogens (tertiary/aromatic N) is 1. The molecule has 19 heavy (non-hydrogen) atoms. The van der Waals surface area contributed by atoms with E-state index < -0.39 is 0 Å². The third-order valence-electron chi connectivity index (χ3n) is 3.53. The largest absolute Gasteiger partial charge is 0.361 e. The summed E-state index contributed by atoms with van der Waals surface area (Å²) in [7, 11) is 0. The van der Waals surface area contributed by atoms with Crippen molar-refractivity contribution in [2.24, 2.45) is 0 Å². The van der Waals surface area contributed by atoms with E-state index in [-0.39, 0.29) is 0 Å². The molecule has 0 radical (unpaired) electrons. The first-order valence-corrected chi connectivity index (χ1v) is 6.34. The molecule has 0 aliphatic carbocycles. The highest BCUT2D eigenvalue weighted by atomic mass is 14.7. The first-order chi connectivity index (χ1) is 9.43. The standard InChI is InChI=1S/C17H12N2/c1-3-7-16-13(5-1)12(9-10-18-16)15-11-19-17-8-4-2-6-14(15)17/h1-11,19H. The first kappa shape index (κ1) is 10.3. The number of para-hydroxylation sites is 2. The molecule has 2 heterocycles. The van der Waals surface area contributed by atoms with Crippen molar-refractivity contribution in [3.8, 4) is 11.1 Å². The molecule has 0 bridgehead atoms. The van der Waals surface area contributed by atoms with Gasteiger partial charge in [-0.3, -0.25) is 4.98 Å². The Labute approximate surface area is 110 Å². The van der Waals surface area contributed by atoms with Crippen LogP contribution >= 0.6 is 0 Å². The normalized spacial score (nSPS) is 11.2. The van der Waals surface area contributed by atoms with E-state index in [1.807, 2.05) is 24.4 Å². The Bertz CT molecular complexity index is 869. The molecule has 4 aromatic rings. The number of hydrogen-bond donors (Lipinski definition) is 1. The van der Waals surface area contributed by atoms with Crippen molar-refractivity contribution in [2.45, 2.75) is 0 Å². The second kappa shape index (κ2) is 3.95. The highest BCUT2D eigenvalue weighted by molar-refractivity contribution is 6.03. The van der Waals surface area contributed by atoms with Gasteiger partial charge in [-0.1, -0.05) is 36.4 Å². The maximum atomic E-state index is 4.42. The Morgan fingerprint density at radius 1 is 0.737 bits per heavy atom. The van der Waals surface area contributed by atoms with Crippen LogP contribution in [0.1, 0.15) is 0 Å². The van der Waals surface area contributed by atoms with Crippen molar-refractivity contribution < 1.29 is 0 Å². The summed E-state index contributed by atoms with van der Waals surface area (Å²) in [6.45, 7) is 0. The molecule has 0 fully saturated rings. The number of H-pyrrole nitrogens is 1. The molecule has 2 aromatic carbocycles. The topological polar surface area (TPSA) is 28.7 Å².